The minimum Gasteiger partial charge on any atom is -0.326 e. The lowest BCUT2D eigenvalue weighted by atomic mass is 10.1. The van der Waals surface area contributed by atoms with E-state index in [0.717, 1.165) is 5.56 Å². The van der Waals surface area contributed by atoms with Crippen molar-refractivity contribution in [2.24, 2.45) is 0 Å². The Bertz CT molecular complexity index is 724. The number of hydrogen-bond acceptors (Lipinski definition) is 4. The topological polar surface area (TPSA) is 75.3 Å². The third-order valence-electron chi connectivity index (χ3n) is 2.80. The van der Waals surface area contributed by atoms with Crippen LogP contribution in [0.2, 0.25) is 0 Å². The molecule has 1 atom stereocenters. The van der Waals surface area contributed by atoms with E-state index in [9.17, 15) is 13.2 Å². The van der Waals surface area contributed by atoms with E-state index in [1.807, 2.05) is 6.07 Å². The molecule has 0 saturated carbocycles. The van der Waals surface area contributed by atoms with Crippen molar-refractivity contribution < 1.29 is 13.2 Å². The molecule has 2 aromatic rings. The van der Waals surface area contributed by atoms with Crippen molar-refractivity contribution in [2.75, 3.05) is 5.32 Å². The number of sulfonamides is 1. The molecule has 1 heterocycles. The van der Waals surface area contributed by atoms with Crippen molar-refractivity contribution >= 4 is 33.0 Å². The van der Waals surface area contributed by atoms with E-state index < -0.39 is 16.1 Å². The summed E-state index contributed by atoms with van der Waals surface area (Å²) >= 11 is 1.17. The molecule has 112 valence electrons. The zero-order valence-electron chi connectivity index (χ0n) is 11.7. The van der Waals surface area contributed by atoms with Gasteiger partial charge >= 0.3 is 0 Å². The van der Waals surface area contributed by atoms with E-state index >= 15 is 0 Å². The van der Waals surface area contributed by atoms with Crippen LogP contribution in [0.25, 0.3) is 0 Å². The maximum Gasteiger partial charge on any atom is 0.250 e. The molecule has 1 aromatic carbocycles. The number of nitrogens with one attached hydrogen (secondary N) is 2. The predicted octanol–water partition coefficient (Wildman–Crippen LogP) is 2.75. The fraction of sp³-hybridized carbons (Fsp3) is 0.214. The lowest BCUT2D eigenvalue weighted by molar-refractivity contribution is -0.114. The number of carbonyl (C=O) groups excluding carboxylic acids is 1. The number of anilines is 1. The van der Waals surface area contributed by atoms with Gasteiger partial charge in [0.25, 0.3) is 10.0 Å². The average molecular weight is 324 g/mol. The largest absolute Gasteiger partial charge is 0.326 e. The fourth-order valence-corrected chi connectivity index (χ4v) is 4.11. The first-order valence-electron chi connectivity index (χ1n) is 6.32. The molecular weight excluding hydrogens is 308 g/mol. The summed E-state index contributed by atoms with van der Waals surface area (Å²) in [5.41, 5.74) is 1.42. The van der Waals surface area contributed by atoms with Gasteiger partial charge in [-0.1, -0.05) is 18.2 Å². The molecule has 7 heteroatoms. The third-order valence-corrected chi connectivity index (χ3v) is 5.74. The molecule has 21 heavy (non-hydrogen) atoms. The Labute approximate surface area is 128 Å². The Morgan fingerprint density at radius 2 is 2.00 bits per heavy atom. The highest BCUT2D eigenvalue weighted by Crippen LogP contribution is 2.22. The molecule has 2 N–H and O–H groups in total. The van der Waals surface area contributed by atoms with Gasteiger partial charge in [-0.25, -0.2) is 13.1 Å². The first kappa shape index (κ1) is 15.7. The molecule has 0 aliphatic carbocycles. The highest BCUT2D eigenvalue weighted by atomic mass is 32.2. The molecule has 0 aliphatic rings. The Morgan fingerprint density at radius 3 is 2.62 bits per heavy atom. The smallest absolute Gasteiger partial charge is 0.250 e. The van der Waals surface area contributed by atoms with Gasteiger partial charge in [0.2, 0.25) is 5.91 Å². The summed E-state index contributed by atoms with van der Waals surface area (Å²) in [6.45, 7) is 3.19. The SMILES string of the molecule is CC(=O)Nc1cccc([C@@H](C)NS(=O)(=O)c2cccs2)c1. The van der Waals surface area contributed by atoms with Crippen LogP contribution in [0.5, 0.6) is 0 Å². The van der Waals surface area contributed by atoms with Gasteiger partial charge in [0.1, 0.15) is 4.21 Å². The second-order valence-electron chi connectivity index (χ2n) is 4.58. The van der Waals surface area contributed by atoms with Crippen molar-refractivity contribution in [3.8, 4) is 0 Å². The van der Waals surface area contributed by atoms with E-state index in [-0.39, 0.29) is 10.1 Å². The standard InChI is InChI=1S/C14H16N2O3S2/c1-10(16-21(18,19)14-7-4-8-20-14)12-5-3-6-13(9-12)15-11(2)17/h3-10,16H,1-2H3,(H,15,17)/t10-/m1/s1. The third kappa shape index (κ3) is 4.13. The molecule has 2 rings (SSSR count). The summed E-state index contributed by atoms with van der Waals surface area (Å²) in [5.74, 6) is -0.168. The Balaban J connectivity index is 2.17. The molecular formula is C14H16N2O3S2. The Morgan fingerprint density at radius 1 is 1.24 bits per heavy atom. The molecule has 0 spiro atoms. The fourth-order valence-electron chi connectivity index (χ4n) is 1.86. The van der Waals surface area contributed by atoms with E-state index in [1.54, 1.807) is 42.6 Å². The van der Waals surface area contributed by atoms with Gasteiger partial charge in [-0.15, -0.1) is 11.3 Å². The minimum atomic E-state index is -3.52. The number of thiophene rings is 1. The van der Waals surface area contributed by atoms with Gasteiger partial charge in [0.05, 0.1) is 0 Å². The lowest BCUT2D eigenvalue weighted by Crippen LogP contribution is -2.26. The zero-order valence-corrected chi connectivity index (χ0v) is 13.3. The molecule has 0 radical (unpaired) electrons. The Hall–Kier alpha value is -1.70. The molecule has 0 unspecified atom stereocenters. The molecule has 0 bridgehead atoms. The summed E-state index contributed by atoms with van der Waals surface area (Å²) < 4.78 is 27.2. The molecule has 5 nitrogen and oxygen atoms in total. The van der Waals surface area contributed by atoms with Crippen molar-refractivity contribution in [3.63, 3.8) is 0 Å². The van der Waals surface area contributed by atoms with E-state index in [0.29, 0.717) is 5.69 Å². The summed E-state index contributed by atoms with van der Waals surface area (Å²) in [6, 6.07) is 9.96. The van der Waals surface area contributed by atoms with Gasteiger partial charge in [0.15, 0.2) is 0 Å². The molecule has 0 aliphatic heterocycles. The van der Waals surface area contributed by atoms with Gasteiger partial charge < -0.3 is 5.32 Å². The zero-order chi connectivity index (χ0) is 15.5. The quantitative estimate of drug-likeness (QED) is 0.888. The average Bonchev–Trinajstić information content (AvgIpc) is 2.92. The molecule has 1 aromatic heterocycles. The van der Waals surface area contributed by atoms with Crippen LogP contribution in [0.4, 0.5) is 5.69 Å². The lowest BCUT2D eigenvalue weighted by Gasteiger charge is -2.15. The highest BCUT2D eigenvalue weighted by Gasteiger charge is 2.19. The van der Waals surface area contributed by atoms with Crippen molar-refractivity contribution in [1.29, 1.82) is 0 Å². The first-order chi connectivity index (χ1) is 9.88. The van der Waals surface area contributed by atoms with E-state index in [4.69, 9.17) is 0 Å². The maximum atomic E-state index is 12.2. The monoisotopic (exact) mass is 324 g/mol. The van der Waals surface area contributed by atoms with Gasteiger partial charge in [-0.2, -0.15) is 0 Å². The second kappa shape index (κ2) is 6.38. The first-order valence-corrected chi connectivity index (χ1v) is 8.68. The second-order valence-corrected chi connectivity index (χ2v) is 7.47. The predicted molar refractivity (Wildman–Crippen MR) is 83.8 cm³/mol. The number of benzene rings is 1. The van der Waals surface area contributed by atoms with Gasteiger partial charge in [-0.3, -0.25) is 4.79 Å². The maximum absolute atomic E-state index is 12.2. The summed E-state index contributed by atoms with van der Waals surface area (Å²) in [5, 5.41) is 4.40. The molecule has 1 amide bonds. The van der Waals surface area contributed by atoms with Crippen LogP contribution in [0.15, 0.2) is 46.0 Å². The van der Waals surface area contributed by atoms with Crippen LogP contribution in [0.1, 0.15) is 25.5 Å². The van der Waals surface area contributed by atoms with Crippen LogP contribution < -0.4 is 10.0 Å². The van der Waals surface area contributed by atoms with Gasteiger partial charge in [0, 0.05) is 18.7 Å². The van der Waals surface area contributed by atoms with Crippen LogP contribution >= 0.6 is 11.3 Å². The van der Waals surface area contributed by atoms with Crippen LogP contribution in [0.3, 0.4) is 0 Å². The highest BCUT2D eigenvalue weighted by molar-refractivity contribution is 7.91. The number of rotatable bonds is 5. The van der Waals surface area contributed by atoms with Gasteiger partial charge in [-0.05, 0) is 36.1 Å². The summed E-state index contributed by atoms with van der Waals surface area (Å²) in [7, 11) is -3.52. The van der Waals surface area contributed by atoms with E-state index in [2.05, 4.69) is 10.0 Å². The van der Waals surface area contributed by atoms with Crippen molar-refractivity contribution in [3.05, 3.63) is 47.3 Å². The molecule has 0 saturated heterocycles. The number of hydrogen-bond donors (Lipinski definition) is 2. The van der Waals surface area contributed by atoms with Crippen LogP contribution in [0, 0.1) is 0 Å². The van der Waals surface area contributed by atoms with Crippen molar-refractivity contribution in [1.82, 2.24) is 4.72 Å². The van der Waals surface area contributed by atoms with Crippen molar-refractivity contribution in [2.45, 2.75) is 24.1 Å². The number of amides is 1. The summed E-state index contributed by atoms with van der Waals surface area (Å²) in [6.07, 6.45) is 0. The van der Waals surface area contributed by atoms with Crippen LogP contribution in [-0.4, -0.2) is 14.3 Å². The normalized spacial score (nSPS) is 12.9. The molecule has 0 fully saturated rings. The summed E-state index contributed by atoms with van der Waals surface area (Å²) in [4.78, 5) is 11.1. The Kier molecular flexibility index (Phi) is 4.76. The number of carbonyl (C=O) groups is 1. The van der Waals surface area contributed by atoms with Crippen LogP contribution in [-0.2, 0) is 14.8 Å². The van der Waals surface area contributed by atoms with E-state index in [1.165, 1.54) is 18.3 Å². The minimum absolute atomic E-state index is 0.168.